The monoisotopic (exact) mass is 271 g/mol. The molecule has 0 saturated carbocycles. The fourth-order valence-corrected chi connectivity index (χ4v) is 1.71. The molecule has 0 aliphatic carbocycles. The molecule has 1 aromatic rings. The van der Waals surface area contributed by atoms with Crippen molar-refractivity contribution < 1.29 is 9.53 Å². The Bertz CT molecular complexity index is 352. The first-order valence-electron chi connectivity index (χ1n) is 4.64. The van der Waals surface area contributed by atoms with E-state index in [-0.39, 0.29) is 5.78 Å². The van der Waals surface area contributed by atoms with E-state index in [4.69, 9.17) is 4.74 Å². The Morgan fingerprint density at radius 2 is 2.27 bits per heavy atom. The Morgan fingerprint density at radius 1 is 1.53 bits per heavy atom. The molecule has 0 aliphatic rings. The number of ether oxygens (including phenoxy) is 1. The van der Waals surface area contributed by atoms with Crippen molar-refractivity contribution in [3.8, 4) is 0 Å². The maximum Gasteiger partial charge on any atom is 0.176 e. The lowest BCUT2D eigenvalue weighted by molar-refractivity contribution is 0.0988. The fraction of sp³-hybridized carbons (Fsp3) is 0.364. The van der Waals surface area contributed by atoms with Crippen LogP contribution >= 0.6 is 15.9 Å². The van der Waals surface area contributed by atoms with Crippen LogP contribution in [0.3, 0.4) is 0 Å². The Labute approximate surface area is 97.9 Å². The van der Waals surface area contributed by atoms with Gasteiger partial charge in [0.1, 0.15) is 0 Å². The van der Waals surface area contributed by atoms with Gasteiger partial charge in [0.25, 0.3) is 0 Å². The number of likely N-dealkylation sites (N-methyl/N-ethyl adjacent to an activating group) is 1. The zero-order chi connectivity index (χ0) is 11.3. The summed E-state index contributed by atoms with van der Waals surface area (Å²) in [6.07, 6.45) is 0. The molecule has 1 N–H and O–H groups in total. The van der Waals surface area contributed by atoms with Gasteiger partial charge in [-0.2, -0.15) is 0 Å². The first kappa shape index (κ1) is 12.4. The largest absolute Gasteiger partial charge is 0.380 e. The Kier molecular flexibility index (Phi) is 4.94. The summed E-state index contributed by atoms with van der Waals surface area (Å²) in [5, 5.41) is 2.85. The van der Waals surface area contributed by atoms with Gasteiger partial charge in [0.05, 0.1) is 13.2 Å². The predicted octanol–water partition coefficient (Wildman–Crippen LogP) is 2.00. The summed E-state index contributed by atoms with van der Waals surface area (Å²) in [5.41, 5.74) is 1.63. The van der Waals surface area contributed by atoms with E-state index in [1.165, 1.54) is 0 Å². The van der Waals surface area contributed by atoms with Crippen LogP contribution in [0.4, 0.5) is 0 Å². The molecule has 0 spiro atoms. The molecule has 82 valence electrons. The summed E-state index contributed by atoms with van der Waals surface area (Å²) in [7, 11) is 3.38. The van der Waals surface area contributed by atoms with Gasteiger partial charge < -0.3 is 10.1 Å². The molecule has 0 aliphatic heterocycles. The van der Waals surface area contributed by atoms with Gasteiger partial charge in [0.2, 0.25) is 0 Å². The van der Waals surface area contributed by atoms with E-state index in [0.717, 1.165) is 10.0 Å². The number of ketones is 1. The van der Waals surface area contributed by atoms with Gasteiger partial charge in [0, 0.05) is 17.1 Å². The molecule has 0 bridgehead atoms. The Balaban J connectivity index is 3.00. The predicted molar refractivity (Wildman–Crippen MR) is 63.1 cm³/mol. The second-order valence-electron chi connectivity index (χ2n) is 3.19. The molecule has 1 aromatic carbocycles. The summed E-state index contributed by atoms with van der Waals surface area (Å²) < 4.78 is 5.95. The smallest absolute Gasteiger partial charge is 0.176 e. The molecular formula is C11H14BrNO2. The number of rotatable bonds is 5. The van der Waals surface area contributed by atoms with Crippen LogP contribution < -0.4 is 5.32 Å². The minimum Gasteiger partial charge on any atom is -0.380 e. The van der Waals surface area contributed by atoms with Crippen molar-refractivity contribution in [1.82, 2.24) is 5.32 Å². The molecule has 15 heavy (non-hydrogen) atoms. The highest BCUT2D eigenvalue weighted by Crippen LogP contribution is 2.17. The lowest BCUT2D eigenvalue weighted by Gasteiger charge is -2.08. The third-order valence-electron chi connectivity index (χ3n) is 2.01. The lowest BCUT2D eigenvalue weighted by Crippen LogP contribution is -2.20. The minimum atomic E-state index is 0.0749. The number of carbonyl (C=O) groups excluding carboxylic acids is 1. The normalized spacial score (nSPS) is 10.3. The van der Waals surface area contributed by atoms with Crippen molar-refractivity contribution in [3.05, 3.63) is 33.8 Å². The second-order valence-corrected chi connectivity index (χ2v) is 4.10. The third kappa shape index (κ3) is 3.41. The van der Waals surface area contributed by atoms with E-state index in [1.54, 1.807) is 14.2 Å². The van der Waals surface area contributed by atoms with E-state index in [2.05, 4.69) is 21.2 Å². The molecule has 1 rings (SSSR count). The van der Waals surface area contributed by atoms with E-state index >= 15 is 0 Å². The number of benzene rings is 1. The molecular weight excluding hydrogens is 258 g/mol. The summed E-state index contributed by atoms with van der Waals surface area (Å²) in [4.78, 5) is 11.8. The lowest BCUT2D eigenvalue weighted by atomic mass is 10.0. The van der Waals surface area contributed by atoms with Gasteiger partial charge in [0.15, 0.2) is 5.78 Å². The van der Waals surface area contributed by atoms with Crippen LogP contribution in [0.2, 0.25) is 0 Å². The van der Waals surface area contributed by atoms with Crippen molar-refractivity contribution in [3.63, 3.8) is 0 Å². The van der Waals surface area contributed by atoms with E-state index in [9.17, 15) is 4.79 Å². The molecule has 0 unspecified atom stereocenters. The number of nitrogens with one attached hydrogen (secondary N) is 1. The summed E-state index contributed by atoms with van der Waals surface area (Å²) >= 11 is 3.35. The van der Waals surface area contributed by atoms with Gasteiger partial charge in [-0.25, -0.2) is 0 Å². The van der Waals surface area contributed by atoms with Crippen LogP contribution in [0.15, 0.2) is 22.7 Å². The van der Waals surface area contributed by atoms with Gasteiger partial charge >= 0.3 is 0 Å². The van der Waals surface area contributed by atoms with E-state index < -0.39 is 0 Å². The second kappa shape index (κ2) is 6.00. The Morgan fingerprint density at radius 3 is 2.87 bits per heavy atom. The van der Waals surface area contributed by atoms with Crippen LogP contribution in [0.5, 0.6) is 0 Å². The van der Waals surface area contributed by atoms with Crippen molar-refractivity contribution >= 4 is 21.7 Å². The fourth-order valence-electron chi connectivity index (χ4n) is 1.35. The summed E-state index contributed by atoms with van der Waals surface area (Å²) in [6, 6.07) is 5.63. The Hall–Kier alpha value is -0.710. The molecule has 0 aromatic heterocycles. The molecule has 0 atom stereocenters. The number of methoxy groups -OCH3 is 1. The highest BCUT2D eigenvalue weighted by molar-refractivity contribution is 9.10. The van der Waals surface area contributed by atoms with Crippen LogP contribution in [0.1, 0.15) is 15.9 Å². The highest BCUT2D eigenvalue weighted by atomic mass is 79.9. The van der Waals surface area contributed by atoms with Crippen LogP contribution in [0, 0.1) is 0 Å². The number of carbonyl (C=O) groups is 1. The van der Waals surface area contributed by atoms with Crippen LogP contribution in [0.25, 0.3) is 0 Å². The summed E-state index contributed by atoms with van der Waals surface area (Å²) in [6.45, 7) is 0.797. The molecule has 0 heterocycles. The van der Waals surface area contributed by atoms with Crippen LogP contribution in [-0.4, -0.2) is 26.5 Å². The number of hydrogen-bond acceptors (Lipinski definition) is 3. The maximum atomic E-state index is 11.8. The van der Waals surface area contributed by atoms with E-state index in [1.807, 2.05) is 18.2 Å². The topological polar surface area (TPSA) is 38.3 Å². The first-order valence-corrected chi connectivity index (χ1v) is 5.43. The van der Waals surface area contributed by atoms with Gasteiger partial charge in [-0.15, -0.1) is 0 Å². The van der Waals surface area contributed by atoms with Crippen molar-refractivity contribution in [2.45, 2.75) is 6.61 Å². The standard InChI is InChI=1S/C11H14BrNO2/c1-13-6-11(14)10-5-9(12)4-3-8(10)7-15-2/h3-5,13H,6-7H2,1-2H3. The first-order chi connectivity index (χ1) is 7.19. The zero-order valence-electron chi connectivity index (χ0n) is 8.84. The van der Waals surface area contributed by atoms with Crippen molar-refractivity contribution in [1.29, 1.82) is 0 Å². The molecule has 0 radical (unpaired) electrons. The maximum absolute atomic E-state index is 11.8. The summed E-state index contributed by atoms with van der Waals surface area (Å²) in [5.74, 6) is 0.0749. The van der Waals surface area contributed by atoms with Gasteiger partial charge in [-0.1, -0.05) is 22.0 Å². The zero-order valence-corrected chi connectivity index (χ0v) is 10.4. The molecule has 3 nitrogen and oxygen atoms in total. The van der Waals surface area contributed by atoms with Crippen molar-refractivity contribution in [2.75, 3.05) is 20.7 Å². The highest BCUT2D eigenvalue weighted by Gasteiger charge is 2.10. The third-order valence-corrected chi connectivity index (χ3v) is 2.50. The molecule has 4 heteroatoms. The molecule has 0 saturated heterocycles. The molecule has 0 amide bonds. The SMILES string of the molecule is CNCC(=O)c1cc(Br)ccc1COC. The van der Waals surface area contributed by atoms with E-state index in [0.29, 0.717) is 18.7 Å². The average molecular weight is 272 g/mol. The van der Waals surface area contributed by atoms with Gasteiger partial charge in [-0.3, -0.25) is 4.79 Å². The average Bonchev–Trinajstić information content (AvgIpc) is 2.21. The number of hydrogen-bond donors (Lipinski definition) is 1. The number of Topliss-reactive ketones (excluding diaryl/α,β-unsaturated/α-hetero) is 1. The van der Waals surface area contributed by atoms with Crippen LogP contribution in [-0.2, 0) is 11.3 Å². The molecule has 0 fully saturated rings. The quantitative estimate of drug-likeness (QED) is 0.833. The van der Waals surface area contributed by atoms with Gasteiger partial charge in [-0.05, 0) is 24.7 Å². The minimum absolute atomic E-state index is 0.0749. The van der Waals surface area contributed by atoms with Crippen molar-refractivity contribution in [2.24, 2.45) is 0 Å². The number of halogens is 1.